The highest BCUT2D eigenvalue weighted by Crippen LogP contribution is 2.35. The van der Waals surface area contributed by atoms with E-state index in [1.54, 1.807) is 6.33 Å². The normalized spacial score (nSPS) is 18.6. The van der Waals surface area contributed by atoms with Crippen LogP contribution in [0.3, 0.4) is 0 Å². The van der Waals surface area contributed by atoms with Gasteiger partial charge in [0.05, 0.1) is 12.2 Å². The Labute approximate surface area is 164 Å². The molecule has 2 aliphatic rings. The van der Waals surface area contributed by atoms with Crippen LogP contribution in [0, 0.1) is 13.8 Å². The third kappa shape index (κ3) is 3.44. The SMILES string of the molecule is Cc1cc(N(C2CC2)C2CCN(Cc3nnc4ccc(C)nn34)CC2)ncn1. The summed E-state index contributed by atoms with van der Waals surface area (Å²) in [5, 5.41) is 13.2. The molecule has 1 saturated heterocycles. The number of anilines is 1. The quantitative estimate of drug-likeness (QED) is 0.673. The Kier molecular flexibility index (Phi) is 4.43. The standard InChI is InChI=1S/C20H26N8/c1-14-3-6-18-23-24-20(28(18)25-14)12-26-9-7-17(8-10-26)27(16-4-5-16)19-11-15(2)21-13-22-19/h3,6,11,13,16-17H,4-5,7-10,12H2,1-2H3. The van der Waals surface area contributed by atoms with Crippen molar-refractivity contribution < 1.29 is 0 Å². The highest BCUT2D eigenvalue weighted by atomic mass is 15.4. The molecule has 28 heavy (non-hydrogen) atoms. The molecule has 8 nitrogen and oxygen atoms in total. The van der Waals surface area contributed by atoms with E-state index >= 15 is 0 Å². The first-order valence-corrected chi connectivity index (χ1v) is 10.1. The lowest BCUT2D eigenvalue weighted by atomic mass is 10.0. The lowest BCUT2D eigenvalue weighted by Gasteiger charge is -2.39. The number of rotatable bonds is 5. The van der Waals surface area contributed by atoms with E-state index < -0.39 is 0 Å². The van der Waals surface area contributed by atoms with Crippen molar-refractivity contribution in [2.24, 2.45) is 0 Å². The summed E-state index contributed by atoms with van der Waals surface area (Å²) in [4.78, 5) is 13.9. The summed E-state index contributed by atoms with van der Waals surface area (Å²) in [6.45, 7) is 6.94. The van der Waals surface area contributed by atoms with Gasteiger partial charge < -0.3 is 4.90 Å². The first kappa shape index (κ1) is 17.5. The van der Waals surface area contributed by atoms with Crippen molar-refractivity contribution in [3.8, 4) is 0 Å². The zero-order valence-electron chi connectivity index (χ0n) is 16.5. The molecule has 5 rings (SSSR count). The predicted octanol–water partition coefficient (Wildman–Crippen LogP) is 2.16. The summed E-state index contributed by atoms with van der Waals surface area (Å²) in [5.74, 6) is 2.01. The summed E-state index contributed by atoms with van der Waals surface area (Å²) in [6.07, 6.45) is 6.53. The number of fused-ring (bicyclic) bond motifs is 1. The second-order valence-corrected chi connectivity index (χ2v) is 8.02. The van der Waals surface area contributed by atoms with Crippen molar-refractivity contribution in [3.63, 3.8) is 0 Å². The molecule has 4 heterocycles. The first-order chi connectivity index (χ1) is 13.7. The molecule has 0 aromatic carbocycles. The van der Waals surface area contributed by atoms with E-state index in [2.05, 4.69) is 41.1 Å². The summed E-state index contributed by atoms with van der Waals surface area (Å²) >= 11 is 0. The maximum absolute atomic E-state index is 4.57. The fraction of sp³-hybridized carbons (Fsp3) is 0.550. The van der Waals surface area contributed by atoms with E-state index in [1.165, 1.54) is 12.8 Å². The van der Waals surface area contributed by atoms with Crippen molar-refractivity contribution in [1.82, 2.24) is 34.7 Å². The molecular formula is C20H26N8. The zero-order valence-corrected chi connectivity index (χ0v) is 16.5. The van der Waals surface area contributed by atoms with E-state index in [0.29, 0.717) is 12.1 Å². The van der Waals surface area contributed by atoms with E-state index in [1.807, 2.05) is 30.5 Å². The van der Waals surface area contributed by atoms with Gasteiger partial charge in [-0.25, -0.2) is 9.97 Å². The van der Waals surface area contributed by atoms with E-state index in [9.17, 15) is 0 Å². The van der Waals surface area contributed by atoms with Crippen LogP contribution in [0.25, 0.3) is 5.65 Å². The third-order valence-corrected chi connectivity index (χ3v) is 5.77. The molecule has 0 bridgehead atoms. The van der Waals surface area contributed by atoms with Gasteiger partial charge in [-0.05, 0) is 51.7 Å². The van der Waals surface area contributed by atoms with Gasteiger partial charge in [-0.2, -0.15) is 9.61 Å². The highest BCUT2D eigenvalue weighted by Gasteiger charge is 2.36. The second kappa shape index (κ2) is 7.09. The van der Waals surface area contributed by atoms with E-state index in [-0.39, 0.29) is 0 Å². The maximum Gasteiger partial charge on any atom is 0.177 e. The number of hydrogen-bond acceptors (Lipinski definition) is 7. The van der Waals surface area contributed by atoms with Gasteiger partial charge in [0, 0.05) is 36.9 Å². The molecule has 1 aliphatic heterocycles. The molecule has 0 radical (unpaired) electrons. The minimum atomic E-state index is 0.550. The first-order valence-electron chi connectivity index (χ1n) is 10.1. The van der Waals surface area contributed by atoms with Crippen LogP contribution in [0.4, 0.5) is 5.82 Å². The molecular weight excluding hydrogens is 352 g/mol. The number of aromatic nitrogens is 6. The number of hydrogen-bond donors (Lipinski definition) is 0. The fourth-order valence-electron chi connectivity index (χ4n) is 4.19. The molecule has 0 amide bonds. The van der Waals surface area contributed by atoms with Crippen LogP contribution < -0.4 is 4.90 Å². The molecule has 0 spiro atoms. The van der Waals surface area contributed by atoms with Crippen molar-refractivity contribution in [3.05, 3.63) is 41.7 Å². The Hall–Kier alpha value is -2.61. The molecule has 146 valence electrons. The molecule has 0 unspecified atom stereocenters. The molecule has 0 N–H and O–H groups in total. The van der Waals surface area contributed by atoms with Crippen LogP contribution >= 0.6 is 0 Å². The number of nitrogens with zero attached hydrogens (tertiary/aromatic N) is 8. The van der Waals surface area contributed by atoms with Crippen LogP contribution in [0.5, 0.6) is 0 Å². The smallest absolute Gasteiger partial charge is 0.177 e. The Balaban J connectivity index is 1.27. The van der Waals surface area contributed by atoms with Crippen molar-refractivity contribution >= 4 is 11.5 Å². The van der Waals surface area contributed by atoms with Gasteiger partial charge in [0.1, 0.15) is 12.1 Å². The van der Waals surface area contributed by atoms with Gasteiger partial charge >= 0.3 is 0 Å². The molecule has 1 saturated carbocycles. The lowest BCUT2D eigenvalue weighted by Crippen LogP contribution is -2.46. The minimum absolute atomic E-state index is 0.550. The van der Waals surface area contributed by atoms with Crippen molar-refractivity contribution in [2.45, 2.75) is 58.2 Å². The second-order valence-electron chi connectivity index (χ2n) is 8.02. The van der Waals surface area contributed by atoms with Gasteiger partial charge in [-0.3, -0.25) is 4.90 Å². The van der Waals surface area contributed by atoms with Crippen molar-refractivity contribution in [1.29, 1.82) is 0 Å². The van der Waals surface area contributed by atoms with Gasteiger partial charge in [0.2, 0.25) is 0 Å². The third-order valence-electron chi connectivity index (χ3n) is 5.77. The average molecular weight is 378 g/mol. The maximum atomic E-state index is 4.57. The largest absolute Gasteiger partial charge is 0.350 e. The lowest BCUT2D eigenvalue weighted by molar-refractivity contribution is 0.195. The Morgan fingerprint density at radius 3 is 2.50 bits per heavy atom. The highest BCUT2D eigenvalue weighted by molar-refractivity contribution is 5.43. The summed E-state index contributed by atoms with van der Waals surface area (Å²) < 4.78 is 1.88. The molecule has 1 aliphatic carbocycles. The molecule has 8 heteroatoms. The monoisotopic (exact) mass is 378 g/mol. The van der Waals surface area contributed by atoms with Crippen molar-refractivity contribution in [2.75, 3.05) is 18.0 Å². The molecule has 2 fully saturated rings. The molecule has 3 aromatic heterocycles. The summed E-state index contributed by atoms with van der Waals surface area (Å²) in [6, 6.07) is 7.27. The van der Waals surface area contributed by atoms with Crippen LogP contribution in [0.15, 0.2) is 24.5 Å². The number of aryl methyl sites for hydroxylation is 2. The topological polar surface area (TPSA) is 75.3 Å². The molecule has 0 atom stereocenters. The van der Waals surface area contributed by atoms with Crippen LogP contribution in [0.1, 0.15) is 42.9 Å². The fourth-order valence-corrected chi connectivity index (χ4v) is 4.19. The minimum Gasteiger partial charge on any atom is -0.350 e. The van der Waals surface area contributed by atoms with Crippen LogP contribution in [-0.2, 0) is 6.54 Å². The van der Waals surface area contributed by atoms with E-state index in [4.69, 9.17) is 0 Å². The molecule has 3 aromatic rings. The van der Waals surface area contributed by atoms with Gasteiger partial charge in [-0.15, -0.1) is 10.2 Å². The number of piperidine rings is 1. The van der Waals surface area contributed by atoms with Gasteiger partial charge in [-0.1, -0.05) is 0 Å². The zero-order chi connectivity index (χ0) is 19.1. The van der Waals surface area contributed by atoms with Crippen LogP contribution in [0.2, 0.25) is 0 Å². The summed E-state index contributed by atoms with van der Waals surface area (Å²) in [5.41, 5.74) is 2.83. The summed E-state index contributed by atoms with van der Waals surface area (Å²) in [7, 11) is 0. The van der Waals surface area contributed by atoms with Gasteiger partial charge in [0.25, 0.3) is 0 Å². The average Bonchev–Trinajstić information content (AvgIpc) is 3.45. The Morgan fingerprint density at radius 2 is 1.75 bits per heavy atom. The predicted molar refractivity (Wildman–Crippen MR) is 106 cm³/mol. The Morgan fingerprint density at radius 1 is 0.964 bits per heavy atom. The van der Waals surface area contributed by atoms with Crippen LogP contribution in [-0.4, -0.2) is 59.9 Å². The Bertz CT molecular complexity index is 971. The van der Waals surface area contributed by atoms with E-state index in [0.717, 1.165) is 61.2 Å². The number of likely N-dealkylation sites (tertiary alicyclic amines) is 1. The van der Waals surface area contributed by atoms with Gasteiger partial charge in [0.15, 0.2) is 11.5 Å².